The van der Waals surface area contributed by atoms with E-state index in [9.17, 15) is 9.59 Å². The Bertz CT molecular complexity index is 801. The van der Waals surface area contributed by atoms with Crippen molar-refractivity contribution < 1.29 is 9.59 Å². The van der Waals surface area contributed by atoms with Gasteiger partial charge in [-0.05, 0) is 50.3 Å². The Morgan fingerprint density at radius 1 is 1.16 bits per heavy atom. The Labute approximate surface area is 192 Å². The maximum atomic E-state index is 12.8. The van der Waals surface area contributed by atoms with Crippen molar-refractivity contribution in [3.63, 3.8) is 0 Å². The van der Waals surface area contributed by atoms with Crippen molar-refractivity contribution in [2.24, 2.45) is 10.9 Å². The number of rotatable bonds is 7. The first-order chi connectivity index (χ1) is 15.5. The molecule has 0 radical (unpaired) electrons. The molecule has 0 aromatic heterocycles. The van der Waals surface area contributed by atoms with E-state index in [0.717, 1.165) is 56.8 Å². The predicted molar refractivity (Wildman–Crippen MR) is 129 cm³/mol. The molecule has 2 amide bonds. The van der Waals surface area contributed by atoms with Gasteiger partial charge in [-0.1, -0.05) is 31.4 Å². The molecular weight excluding hydrogens is 402 g/mol. The van der Waals surface area contributed by atoms with E-state index < -0.39 is 0 Å². The van der Waals surface area contributed by atoms with Crippen LogP contribution in [-0.4, -0.2) is 73.9 Å². The molecule has 2 aliphatic rings. The molecule has 32 heavy (non-hydrogen) atoms. The molecular formula is C25H39N5O2. The second kappa shape index (κ2) is 11.9. The van der Waals surface area contributed by atoms with Crippen molar-refractivity contribution >= 4 is 17.8 Å². The fraction of sp³-hybridized carbons (Fsp3) is 0.640. The summed E-state index contributed by atoms with van der Waals surface area (Å²) in [5.74, 6) is 1.39. The maximum absolute atomic E-state index is 12.8. The van der Waals surface area contributed by atoms with Crippen LogP contribution in [0, 0.1) is 5.92 Å². The molecule has 2 N–H and O–H groups in total. The zero-order chi connectivity index (χ0) is 22.9. The van der Waals surface area contributed by atoms with Crippen LogP contribution in [0.3, 0.4) is 0 Å². The first-order valence-corrected chi connectivity index (χ1v) is 12.1. The third-order valence-corrected chi connectivity index (χ3v) is 6.39. The summed E-state index contributed by atoms with van der Waals surface area (Å²) in [5, 5.41) is 6.84. The van der Waals surface area contributed by atoms with Gasteiger partial charge in [-0.3, -0.25) is 14.6 Å². The molecule has 0 bridgehead atoms. The average Bonchev–Trinajstić information content (AvgIpc) is 3.27. The topological polar surface area (TPSA) is 77.0 Å². The minimum atomic E-state index is 0.0129. The summed E-state index contributed by atoms with van der Waals surface area (Å²) in [4.78, 5) is 33.4. The third-order valence-electron chi connectivity index (χ3n) is 6.39. The van der Waals surface area contributed by atoms with Gasteiger partial charge in [0.05, 0.1) is 0 Å². The van der Waals surface area contributed by atoms with E-state index in [-0.39, 0.29) is 17.9 Å². The lowest BCUT2D eigenvalue weighted by atomic mass is 9.88. The second-order valence-corrected chi connectivity index (χ2v) is 9.16. The van der Waals surface area contributed by atoms with Crippen LogP contribution in [0.4, 0.5) is 0 Å². The smallest absolute Gasteiger partial charge is 0.253 e. The van der Waals surface area contributed by atoms with Crippen molar-refractivity contribution in [3.05, 3.63) is 35.4 Å². The van der Waals surface area contributed by atoms with E-state index >= 15 is 0 Å². The van der Waals surface area contributed by atoms with Gasteiger partial charge in [0.1, 0.15) is 0 Å². The number of benzene rings is 1. The third kappa shape index (κ3) is 6.71. The Kier molecular flexibility index (Phi) is 8.94. The van der Waals surface area contributed by atoms with Gasteiger partial charge in [-0.15, -0.1) is 0 Å². The number of likely N-dealkylation sites (tertiary alicyclic amines) is 1. The van der Waals surface area contributed by atoms with Gasteiger partial charge in [-0.25, -0.2) is 0 Å². The summed E-state index contributed by atoms with van der Waals surface area (Å²) < 4.78 is 0. The first-order valence-electron chi connectivity index (χ1n) is 12.1. The van der Waals surface area contributed by atoms with Gasteiger partial charge in [-0.2, -0.15) is 0 Å². The van der Waals surface area contributed by atoms with Crippen LogP contribution in [0.2, 0.25) is 0 Å². The Morgan fingerprint density at radius 2 is 1.94 bits per heavy atom. The fourth-order valence-corrected chi connectivity index (χ4v) is 4.61. The molecule has 2 fully saturated rings. The van der Waals surface area contributed by atoms with Gasteiger partial charge >= 0.3 is 0 Å². The Hall–Kier alpha value is -2.57. The summed E-state index contributed by atoms with van der Waals surface area (Å²) in [6.07, 6.45) is 7.48. The lowest BCUT2D eigenvalue weighted by Gasteiger charge is -2.26. The zero-order valence-corrected chi connectivity index (χ0v) is 19.9. The number of aliphatic imine (C=N–C) groups is 1. The van der Waals surface area contributed by atoms with E-state index in [1.807, 2.05) is 29.2 Å². The summed E-state index contributed by atoms with van der Waals surface area (Å²) in [6.45, 7) is 5.07. The molecule has 1 heterocycles. The highest BCUT2D eigenvalue weighted by Gasteiger charge is 2.31. The van der Waals surface area contributed by atoms with Crippen LogP contribution in [-0.2, 0) is 11.2 Å². The lowest BCUT2D eigenvalue weighted by molar-refractivity contribution is -0.135. The van der Waals surface area contributed by atoms with Gasteiger partial charge in [0, 0.05) is 57.8 Å². The summed E-state index contributed by atoms with van der Waals surface area (Å²) >= 11 is 0. The van der Waals surface area contributed by atoms with Crippen LogP contribution >= 0.6 is 0 Å². The summed E-state index contributed by atoms with van der Waals surface area (Å²) in [6, 6.07) is 8.00. The largest absolute Gasteiger partial charge is 0.357 e. The summed E-state index contributed by atoms with van der Waals surface area (Å²) in [5.41, 5.74) is 1.80. The van der Waals surface area contributed by atoms with Crippen molar-refractivity contribution in [3.8, 4) is 0 Å². The molecule has 7 nitrogen and oxygen atoms in total. The van der Waals surface area contributed by atoms with Gasteiger partial charge in [0.25, 0.3) is 5.91 Å². The number of hydrogen-bond donors (Lipinski definition) is 2. The molecule has 1 aliphatic heterocycles. The number of hydrogen-bond acceptors (Lipinski definition) is 3. The number of amides is 2. The molecule has 0 spiro atoms. The number of nitrogens with zero attached hydrogens (tertiary/aromatic N) is 3. The van der Waals surface area contributed by atoms with Crippen LogP contribution < -0.4 is 10.6 Å². The van der Waals surface area contributed by atoms with E-state index in [0.29, 0.717) is 18.0 Å². The minimum Gasteiger partial charge on any atom is -0.357 e. The van der Waals surface area contributed by atoms with Crippen molar-refractivity contribution in [2.45, 2.75) is 57.9 Å². The summed E-state index contributed by atoms with van der Waals surface area (Å²) in [7, 11) is 3.53. The standard InChI is InChI=1S/C25H39N5O2/c1-4-26-25(27-15-13-19-9-8-12-21(17-19)23(31)29(2)3)28-22-14-16-30(18-22)24(32)20-10-6-5-7-11-20/h8-9,12,17,20,22H,4-7,10-11,13-16,18H2,1-3H3,(H2,26,27,28). The average molecular weight is 442 g/mol. The molecule has 1 saturated heterocycles. The van der Waals surface area contributed by atoms with Gasteiger partial charge in [0.2, 0.25) is 5.91 Å². The number of carbonyl (C=O) groups is 2. The van der Waals surface area contributed by atoms with Crippen LogP contribution in [0.5, 0.6) is 0 Å². The molecule has 7 heteroatoms. The van der Waals surface area contributed by atoms with E-state index in [1.54, 1.807) is 19.0 Å². The molecule has 1 aliphatic carbocycles. The van der Waals surface area contributed by atoms with Crippen molar-refractivity contribution in [2.75, 3.05) is 40.3 Å². The second-order valence-electron chi connectivity index (χ2n) is 9.16. The number of nitrogens with one attached hydrogen (secondary N) is 2. The van der Waals surface area contributed by atoms with E-state index in [2.05, 4.69) is 17.6 Å². The Morgan fingerprint density at radius 3 is 2.66 bits per heavy atom. The molecule has 1 unspecified atom stereocenters. The van der Waals surface area contributed by atoms with Crippen LogP contribution in [0.1, 0.15) is 61.4 Å². The van der Waals surface area contributed by atoms with E-state index in [1.165, 1.54) is 19.3 Å². The van der Waals surface area contributed by atoms with E-state index in [4.69, 9.17) is 4.99 Å². The monoisotopic (exact) mass is 441 g/mol. The maximum Gasteiger partial charge on any atom is 0.253 e. The SMILES string of the molecule is CCNC(=NCCc1cccc(C(=O)N(C)C)c1)NC1CCN(C(=O)C2CCCCC2)C1. The molecule has 3 rings (SSSR count). The molecule has 1 aromatic rings. The van der Waals surface area contributed by atoms with Crippen molar-refractivity contribution in [1.82, 2.24) is 20.4 Å². The van der Waals surface area contributed by atoms with Crippen LogP contribution in [0.25, 0.3) is 0 Å². The molecule has 1 atom stereocenters. The normalized spacial score (nSPS) is 19.7. The highest BCUT2D eigenvalue weighted by Crippen LogP contribution is 2.26. The quantitative estimate of drug-likeness (QED) is 0.504. The van der Waals surface area contributed by atoms with Gasteiger partial charge < -0.3 is 20.4 Å². The molecule has 1 saturated carbocycles. The highest BCUT2D eigenvalue weighted by atomic mass is 16.2. The minimum absolute atomic E-state index is 0.0129. The highest BCUT2D eigenvalue weighted by molar-refractivity contribution is 5.94. The fourth-order valence-electron chi connectivity index (χ4n) is 4.61. The van der Waals surface area contributed by atoms with Crippen LogP contribution in [0.15, 0.2) is 29.3 Å². The molecule has 176 valence electrons. The number of guanidine groups is 1. The van der Waals surface area contributed by atoms with Gasteiger partial charge in [0.15, 0.2) is 5.96 Å². The molecule has 1 aromatic carbocycles. The van der Waals surface area contributed by atoms with Crippen molar-refractivity contribution in [1.29, 1.82) is 0 Å². The zero-order valence-electron chi connectivity index (χ0n) is 19.9. The number of carbonyl (C=O) groups excluding carboxylic acids is 2. The first kappa shape index (κ1) is 24.1. The predicted octanol–water partition coefficient (Wildman–Crippen LogP) is 2.67. The lowest BCUT2D eigenvalue weighted by Crippen LogP contribution is -2.45. The Balaban J connectivity index is 1.51.